The van der Waals surface area contributed by atoms with Crippen molar-refractivity contribution in [2.75, 3.05) is 25.0 Å². The van der Waals surface area contributed by atoms with Crippen LogP contribution in [0.25, 0.3) is 0 Å². The van der Waals surface area contributed by atoms with Gasteiger partial charge < -0.3 is 10.2 Å². The molecule has 5 heteroatoms. The maximum Gasteiger partial charge on any atom is 0.393 e. The Hall–Kier alpha value is -1.23. The van der Waals surface area contributed by atoms with Gasteiger partial charge in [0.15, 0.2) is 0 Å². The molecule has 1 aliphatic rings. The van der Waals surface area contributed by atoms with Crippen molar-refractivity contribution in [3.63, 3.8) is 0 Å². The van der Waals surface area contributed by atoms with Crippen LogP contribution in [0, 0.1) is 12.8 Å². The molecule has 0 aromatic heterocycles. The molecule has 1 unspecified atom stereocenters. The number of piperidine rings is 1. The maximum atomic E-state index is 12.9. The number of anilines is 1. The topological polar surface area (TPSA) is 15.3 Å². The van der Waals surface area contributed by atoms with Gasteiger partial charge in [0.2, 0.25) is 0 Å². The van der Waals surface area contributed by atoms with Gasteiger partial charge in [-0.05, 0) is 44.0 Å². The molecule has 0 saturated carbocycles. The predicted molar refractivity (Wildman–Crippen MR) is 74.9 cm³/mol. The maximum absolute atomic E-state index is 12.9. The monoisotopic (exact) mass is 286 g/mol. The molecular weight excluding hydrogens is 265 g/mol. The van der Waals surface area contributed by atoms with Crippen LogP contribution in [0.5, 0.6) is 0 Å². The normalized spacial score (nSPS) is 20.2. The van der Waals surface area contributed by atoms with E-state index in [1.165, 1.54) is 0 Å². The highest BCUT2D eigenvalue weighted by Gasteiger charge is 2.41. The number of alkyl halides is 3. The predicted octanol–water partition coefficient (Wildman–Crippen LogP) is 3.49. The standard InChI is InChI=1S/C15H21F3N2/c1-11-8-12(9-19-2)5-6-14(11)20-7-3-4-13(10-20)15(16,17)18/h5-6,8,13,19H,3-4,7,9-10H2,1-2H3. The minimum atomic E-state index is -4.08. The van der Waals surface area contributed by atoms with Gasteiger partial charge in [0.05, 0.1) is 5.92 Å². The first kappa shape index (κ1) is 15.2. The van der Waals surface area contributed by atoms with E-state index in [2.05, 4.69) is 5.32 Å². The Morgan fingerprint density at radius 1 is 1.35 bits per heavy atom. The highest BCUT2D eigenvalue weighted by atomic mass is 19.4. The first-order valence-corrected chi connectivity index (χ1v) is 6.97. The number of nitrogens with one attached hydrogen (secondary N) is 1. The van der Waals surface area contributed by atoms with E-state index in [1.807, 2.05) is 37.1 Å². The smallest absolute Gasteiger partial charge is 0.371 e. The molecule has 0 bridgehead atoms. The van der Waals surface area contributed by atoms with Crippen LogP contribution in [0.3, 0.4) is 0 Å². The lowest BCUT2D eigenvalue weighted by atomic mass is 9.96. The minimum absolute atomic E-state index is 0.0791. The fourth-order valence-electron chi connectivity index (χ4n) is 2.85. The molecule has 1 aromatic rings. The van der Waals surface area contributed by atoms with E-state index in [9.17, 15) is 13.2 Å². The Balaban J connectivity index is 2.15. The number of hydrogen-bond acceptors (Lipinski definition) is 2. The van der Waals surface area contributed by atoms with E-state index in [-0.39, 0.29) is 13.0 Å². The number of hydrogen-bond donors (Lipinski definition) is 1. The molecule has 1 fully saturated rings. The lowest BCUT2D eigenvalue weighted by Crippen LogP contribution is -2.42. The van der Waals surface area contributed by atoms with Crippen LogP contribution in [0.4, 0.5) is 18.9 Å². The molecule has 1 aromatic carbocycles. The summed E-state index contributed by atoms with van der Waals surface area (Å²) < 4.78 is 38.6. The summed E-state index contributed by atoms with van der Waals surface area (Å²) in [4.78, 5) is 1.88. The minimum Gasteiger partial charge on any atom is -0.371 e. The van der Waals surface area contributed by atoms with Crippen molar-refractivity contribution >= 4 is 5.69 Å². The molecule has 0 amide bonds. The van der Waals surface area contributed by atoms with E-state index in [0.717, 1.165) is 23.4 Å². The molecule has 1 heterocycles. The summed E-state index contributed by atoms with van der Waals surface area (Å²) >= 11 is 0. The van der Waals surface area contributed by atoms with Crippen molar-refractivity contribution in [1.82, 2.24) is 5.32 Å². The van der Waals surface area contributed by atoms with Gasteiger partial charge in [0.25, 0.3) is 0 Å². The van der Waals surface area contributed by atoms with Gasteiger partial charge in [-0.15, -0.1) is 0 Å². The fourth-order valence-corrected chi connectivity index (χ4v) is 2.85. The molecular formula is C15H21F3N2. The van der Waals surface area contributed by atoms with Crippen LogP contribution in [0.2, 0.25) is 0 Å². The first-order valence-electron chi connectivity index (χ1n) is 6.97. The second-order valence-electron chi connectivity index (χ2n) is 5.48. The summed E-state index contributed by atoms with van der Waals surface area (Å²) in [6.07, 6.45) is -3.24. The Morgan fingerprint density at radius 2 is 2.10 bits per heavy atom. The van der Waals surface area contributed by atoms with Gasteiger partial charge >= 0.3 is 6.18 Å². The van der Waals surface area contributed by atoms with Crippen molar-refractivity contribution in [3.05, 3.63) is 29.3 Å². The molecule has 20 heavy (non-hydrogen) atoms. The summed E-state index contributed by atoms with van der Waals surface area (Å²) in [5.74, 6) is -1.20. The Labute approximate surface area is 118 Å². The van der Waals surface area contributed by atoms with Gasteiger partial charge in [0, 0.05) is 25.3 Å². The van der Waals surface area contributed by atoms with Gasteiger partial charge in [0.1, 0.15) is 0 Å². The number of halogens is 3. The average Bonchev–Trinajstić information content (AvgIpc) is 2.38. The summed E-state index contributed by atoms with van der Waals surface area (Å²) in [6.45, 7) is 3.52. The van der Waals surface area contributed by atoms with Gasteiger partial charge in [-0.2, -0.15) is 13.2 Å². The van der Waals surface area contributed by atoms with Crippen LogP contribution >= 0.6 is 0 Å². The van der Waals surface area contributed by atoms with E-state index in [4.69, 9.17) is 0 Å². The van der Waals surface area contributed by atoms with Gasteiger partial charge in [-0.25, -0.2) is 0 Å². The molecule has 1 aliphatic heterocycles. The largest absolute Gasteiger partial charge is 0.393 e. The summed E-state index contributed by atoms with van der Waals surface area (Å²) in [5, 5.41) is 3.07. The van der Waals surface area contributed by atoms with E-state index in [1.54, 1.807) is 0 Å². The first-order chi connectivity index (χ1) is 9.41. The van der Waals surface area contributed by atoms with Crippen molar-refractivity contribution in [1.29, 1.82) is 0 Å². The lowest BCUT2D eigenvalue weighted by molar-refractivity contribution is -0.176. The summed E-state index contributed by atoms with van der Waals surface area (Å²) in [7, 11) is 1.88. The third-order valence-electron chi connectivity index (χ3n) is 3.87. The van der Waals surface area contributed by atoms with Crippen molar-refractivity contribution in [3.8, 4) is 0 Å². The number of benzene rings is 1. The second-order valence-corrected chi connectivity index (χ2v) is 5.48. The molecule has 1 N–H and O–H groups in total. The van der Waals surface area contributed by atoms with E-state index in [0.29, 0.717) is 13.0 Å². The molecule has 2 rings (SSSR count). The van der Waals surface area contributed by atoms with Crippen molar-refractivity contribution in [2.24, 2.45) is 5.92 Å². The third-order valence-corrected chi connectivity index (χ3v) is 3.87. The molecule has 0 radical (unpaired) electrons. The number of aryl methyl sites for hydroxylation is 1. The molecule has 112 valence electrons. The van der Waals surface area contributed by atoms with Crippen molar-refractivity contribution in [2.45, 2.75) is 32.5 Å². The molecule has 1 atom stereocenters. The zero-order valence-corrected chi connectivity index (χ0v) is 11.9. The SMILES string of the molecule is CNCc1ccc(N2CCCC(C(F)(F)F)C2)c(C)c1. The Morgan fingerprint density at radius 3 is 2.70 bits per heavy atom. The number of nitrogens with zero attached hydrogens (tertiary/aromatic N) is 1. The van der Waals surface area contributed by atoms with Crippen LogP contribution in [-0.2, 0) is 6.54 Å². The number of rotatable bonds is 3. The van der Waals surface area contributed by atoms with Gasteiger partial charge in [-0.3, -0.25) is 0 Å². The zero-order valence-electron chi connectivity index (χ0n) is 11.9. The second kappa shape index (κ2) is 6.04. The lowest BCUT2D eigenvalue weighted by Gasteiger charge is -2.36. The summed E-state index contributed by atoms with van der Waals surface area (Å²) in [6, 6.07) is 5.97. The Kier molecular flexibility index (Phi) is 4.58. The molecule has 2 nitrogen and oxygen atoms in total. The molecule has 0 aliphatic carbocycles. The highest BCUT2D eigenvalue weighted by Crippen LogP contribution is 2.35. The average molecular weight is 286 g/mol. The van der Waals surface area contributed by atoms with Gasteiger partial charge in [-0.1, -0.05) is 12.1 Å². The van der Waals surface area contributed by atoms with Crippen molar-refractivity contribution < 1.29 is 13.2 Å². The quantitative estimate of drug-likeness (QED) is 0.915. The molecule has 0 spiro atoms. The van der Waals surface area contributed by atoms with Crippen LogP contribution in [0.15, 0.2) is 18.2 Å². The highest BCUT2D eigenvalue weighted by molar-refractivity contribution is 5.54. The van der Waals surface area contributed by atoms with Crippen LogP contribution < -0.4 is 10.2 Å². The van der Waals surface area contributed by atoms with E-state index >= 15 is 0 Å². The molecule has 1 saturated heterocycles. The third kappa shape index (κ3) is 3.45. The zero-order chi connectivity index (χ0) is 14.8. The van der Waals surface area contributed by atoms with Crippen LogP contribution in [0.1, 0.15) is 24.0 Å². The summed E-state index contributed by atoms with van der Waals surface area (Å²) in [5.41, 5.74) is 3.12. The van der Waals surface area contributed by atoms with Crippen LogP contribution in [-0.4, -0.2) is 26.3 Å². The Bertz CT molecular complexity index is 457. The fraction of sp³-hybridized carbons (Fsp3) is 0.600. The van der Waals surface area contributed by atoms with E-state index < -0.39 is 12.1 Å².